The molecule has 22 heavy (non-hydrogen) atoms. The Bertz CT molecular complexity index is 659. The number of hydrogen-bond donors (Lipinski definition) is 0. The number of nitro groups is 1. The first-order valence-corrected chi connectivity index (χ1v) is 8.19. The van der Waals surface area contributed by atoms with Gasteiger partial charge >= 0.3 is 5.00 Å². The van der Waals surface area contributed by atoms with Gasteiger partial charge in [-0.05, 0) is 23.3 Å². The predicted octanol–water partition coefficient (Wildman–Crippen LogP) is 3.88. The third kappa shape index (κ3) is 3.64. The molecule has 3 rings (SSSR count). The van der Waals surface area contributed by atoms with E-state index < -0.39 is 0 Å². The van der Waals surface area contributed by atoms with Gasteiger partial charge in [0.2, 0.25) is 0 Å². The zero-order valence-electron chi connectivity index (χ0n) is 11.8. The summed E-state index contributed by atoms with van der Waals surface area (Å²) in [4.78, 5) is 12.7. The van der Waals surface area contributed by atoms with E-state index in [1.807, 2.05) is 29.6 Å². The number of ether oxygens (including phenoxy) is 1. The second-order valence-corrected chi connectivity index (χ2v) is 6.52. The first-order chi connectivity index (χ1) is 10.6. The van der Waals surface area contributed by atoms with E-state index in [0.29, 0.717) is 18.2 Å². The molecule has 1 aliphatic rings. The van der Waals surface area contributed by atoms with Crippen molar-refractivity contribution < 1.29 is 9.66 Å². The van der Waals surface area contributed by atoms with Crippen LogP contribution in [0.1, 0.15) is 17.2 Å². The van der Waals surface area contributed by atoms with Crippen molar-refractivity contribution in [2.24, 2.45) is 0 Å². The number of morpholine rings is 1. The van der Waals surface area contributed by atoms with E-state index in [1.165, 1.54) is 11.3 Å². The minimum absolute atomic E-state index is 0.0136. The molecule has 0 saturated carbocycles. The number of hydrogen-bond acceptors (Lipinski definition) is 5. The molecule has 1 aromatic carbocycles. The average molecular weight is 339 g/mol. The van der Waals surface area contributed by atoms with Crippen LogP contribution in [0.4, 0.5) is 5.00 Å². The summed E-state index contributed by atoms with van der Waals surface area (Å²) in [5.41, 5.74) is 2.08. The smallest absolute Gasteiger partial charge is 0.324 e. The standard InChI is InChI=1S/C15H15ClN2O3S/c16-13-3-1-12(2-4-13)14-9-17(5-6-21-14)8-11-7-15(18(19)20)22-10-11/h1-4,7,10,14H,5-6,8-9H2/t14-/m0/s1. The maximum absolute atomic E-state index is 10.7. The molecular formula is C15H15ClN2O3S. The van der Waals surface area contributed by atoms with Crippen LogP contribution in [0, 0.1) is 10.1 Å². The van der Waals surface area contributed by atoms with Gasteiger partial charge in [0.25, 0.3) is 0 Å². The predicted molar refractivity (Wildman–Crippen MR) is 86.4 cm³/mol. The quantitative estimate of drug-likeness (QED) is 0.627. The lowest BCUT2D eigenvalue weighted by molar-refractivity contribution is -0.380. The molecule has 0 spiro atoms. The summed E-state index contributed by atoms with van der Waals surface area (Å²) in [6.45, 7) is 2.95. The molecule has 2 heterocycles. The van der Waals surface area contributed by atoms with Crippen molar-refractivity contribution in [1.82, 2.24) is 4.90 Å². The van der Waals surface area contributed by atoms with Gasteiger partial charge in [-0.2, -0.15) is 0 Å². The van der Waals surface area contributed by atoms with E-state index in [2.05, 4.69) is 4.90 Å². The van der Waals surface area contributed by atoms with E-state index in [9.17, 15) is 10.1 Å². The molecule has 0 radical (unpaired) electrons. The zero-order valence-corrected chi connectivity index (χ0v) is 13.3. The molecule has 5 nitrogen and oxygen atoms in total. The SMILES string of the molecule is O=[N+]([O-])c1cc(CN2CCO[C@H](c3ccc(Cl)cc3)C2)cs1. The highest BCUT2D eigenvalue weighted by Crippen LogP contribution is 2.27. The van der Waals surface area contributed by atoms with Crippen LogP contribution >= 0.6 is 22.9 Å². The monoisotopic (exact) mass is 338 g/mol. The second kappa shape index (κ2) is 6.75. The molecular weight excluding hydrogens is 324 g/mol. The zero-order chi connectivity index (χ0) is 15.5. The van der Waals surface area contributed by atoms with Gasteiger partial charge in [-0.25, -0.2) is 0 Å². The Kier molecular flexibility index (Phi) is 4.73. The molecule has 0 unspecified atom stereocenters. The van der Waals surface area contributed by atoms with Gasteiger partial charge in [0.15, 0.2) is 0 Å². The average Bonchev–Trinajstić information content (AvgIpc) is 2.97. The Morgan fingerprint density at radius 2 is 2.18 bits per heavy atom. The van der Waals surface area contributed by atoms with E-state index in [1.54, 1.807) is 6.07 Å². The van der Waals surface area contributed by atoms with Crippen LogP contribution in [0.5, 0.6) is 0 Å². The van der Waals surface area contributed by atoms with Gasteiger partial charge in [0.1, 0.15) is 0 Å². The minimum atomic E-state index is -0.343. The van der Waals surface area contributed by atoms with Crippen LogP contribution < -0.4 is 0 Å². The number of rotatable bonds is 4. The van der Waals surface area contributed by atoms with Crippen LogP contribution in [0.3, 0.4) is 0 Å². The maximum atomic E-state index is 10.7. The first kappa shape index (κ1) is 15.4. The minimum Gasteiger partial charge on any atom is -0.371 e. The Morgan fingerprint density at radius 1 is 1.41 bits per heavy atom. The van der Waals surface area contributed by atoms with Crippen LogP contribution in [0.25, 0.3) is 0 Å². The highest BCUT2D eigenvalue weighted by atomic mass is 35.5. The fraction of sp³-hybridized carbons (Fsp3) is 0.333. The molecule has 1 aliphatic heterocycles. The molecule has 0 aliphatic carbocycles. The van der Waals surface area contributed by atoms with Crippen LogP contribution in [0.15, 0.2) is 35.7 Å². The number of halogens is 1. The van der Waals surface area contributed by atoms with Crippen molar-refractivity contribution >= 4 is 27.9 Å². The maximum Gasteiger partial charge on any atom is 0.324 e. The summed E-state index contributed by atoms with van der Waals surface area (Å²) in [5.74, 6) is 0. The topological polar surface area (TPSA) is 55.6 Å². The molecule has 1 saturated heterocycles. The number of nitrogens with zero attached hydrogens (tertiary/aromatic N) is 2. The third-order valence-electron chi connectivity index (χ3n) is 3.62. The van der Waals surface area contributed by atoms with E-state index in [-0.39, 0.29) is 16.0 Å². The molecule has 0 bridgehead atoms. The number of benzene rings is 1. The van der Waals surface area contributed by atoms with E-state index >= 15 is 0 Å². The molecule has 1 aromatic heterocycles. The van der Waals surface area contributed by atoms with Crippen LogP contribution in [-0.4, -0.2) is 29.5 Å². The van der Waals surface area contributed by atoms with Gasteiger partial charge < -0.3 is 4.74 Å². The van der Waals surface area contributed by atoms with Crippen molar-refractivity contribution in [3.63, 3.8) is 0 Å². The fourth-order valence-corrected chi connectivity index (χ4v) is 3.37. The van der Waals surface area contributed by atoms with Crippen LogP contribution in [0.2, 0.25) is 5.02 Å². The van der Waals surface area contributed by atoms with Crippen molar-refractivity contribution in [3.05, 3.63) is 62.0 Å². The Hall–Kier alpha value is -1.47. The number of thiophene rings is 1. The van der Waals surface area contributed by atoms with Gasteiger partial charge in [-0.15, -0.1) is 0 Å². The Labute approximate surface area is 137 Å². The molecule has 0 N–H and O–H groups in total. The molecule has 116 valence electrons. The summed E-state index contributed by atoms with van der Waals surface area (Å²) >= 11 is 7.08. The summed E-state index contributed by atoms with van der Waals surface area (Å²) in [5, 5.41) is 13.5. The first-order valence-electron chi connectivity index (χ1n) is 6.93. The lowest BCUT2D eigenvalue weighted by Gasteiger charge is -2.33. The summed E-state index contributed by atoms with van der Waals surface area (Å²) in [6.07, 6.45) is 0.0136. The van der Waals surface area contributed by atoms with Gasteiger partial charge in [-0.3, -0.25) is 15.0 Å². The largest absolute Gasteiger partial charge is 0.371 e. The van der Waals surface area contributed by atoms with Crippen molar-refractivity contribution in [1.29, 1.82) is 0 Å². The normalized spacial score (nSPS) is 19.2. The second-order valence-electron chi connectivity index (χ2n) is 5.20. The van der Waals surface area contributed by atoms with Gasteiger partial charge in [-0.1, -0.05) is 35.1 Å². The Balaban J connectivity index is 1.65. The lowest BCUT2D eigenvalue weighted by atomic mass is 10.1. The van der Waals surface area contributed by atoms with Crippen LogP contribution in [-0.2, 0) is 11.3 Å². The third-order valence-corrected chi connectivity index (χ3v) is 4.80. The molecule has 2 aromatic rings. The van der Waals surface area contributed by atoms with Crippen molar-refractivity contribution in [3.8, 4) is 0 Å². The molecule has 7 heteroatoms. The molecule has 1 atom stereocenters. The van der Waals surface area contributed by atoms with E-state index in [4.69, 9.17) is 16.3 Å². The van der Waals surface area contributed by atoms with Gasteiger partial charge in [0.05, 0.1) is 17.6 Å². The van der Waals surface area contributed by atoms with Gasteiger partial charge in [0, 0.05) is 36.1 Å². The Morgan fingerprint density at radius 3 is 2.86 bits per heavy atom. The fourth-order valence-electron chi connectivity index (χ4n) is 2.52. The lowest BCUT2D eigenvalue weighted by Crippen LogP contribution is -2.37. The van der Waals surface area contributed by atoms with Crippen molar-refractivity contribution in [2.75, 3.05) is 19.7 Å². The molecule has 0 amide bonds. The summed E-state index contributed by atoms with van der Waals surface area (Å²) in [6, 6.07) is 9.33. The van der Waals surface area contributed by atoms with E-state index in [0.717, 1.165) is 24.2 Å². The molecule has 1 fully saturated rings. The highest BCUT2D eigenvalue weighted by molar-refractivity contribution is 7.13. The van der Waals surface area contributed by atoms with Crippen molar-refractivity contribution in [2.45, 2.75) is 12.6 Å². The highest BCUT2D eigenvalue weighted by Gasteiger charge is 2.22. The summed E-state index contributed by atoms with van der Waals surface area (Å²) in [7, 11) is 0. The summed E-state index contributed by atoms with van der Waals surface area (Å²) < 4.78 is 5.82.